The first-order valence-electron chi connectivity index (χ1n) is 4.33. The van der Waals surface area contributed by atoms with Gasteiger partial charge in [-0.2, -0.15) is 8.42 Å². The maximum absolute atomic E-state index is 10.4. The lowest BCUT2D eigenvalue weighted by atomic mass is 9.95. The van der Waals surface area contributed by atoms with Crippen LogP contribution in [0.2, 0.25) is 0 Å². The van der Waals surface area contributed by atoms with Crippen LogP contribution in [0.15, 0.2) is 0 Å². The fourth-order valence-corrected chi connectivity index (χ4v) is 1.84. The Bertz CT molecular complexity index is 329. The van der Waals surface area contributed by atoms with Gasteiger partial charge in [-0.1, -0.05) is 0 Å². The molecule has 16 heavy (non-hydrogen) atoms. The predicted octanol–water partition coefficient (Wildman–Crippen LogP) is -3.82. The molecule has 10 heteroatoms. The molecule has 1 rings (SSSR count). The molecule has 9 nitrogen and oxygen atoms in total. The highest BCUT2D eigenvalue weighted by molar-refractivity contribution is 7.80. The Kier molecular flexibility index (Phi) is 4.20. The summed E-state index contributed by atoms with van der Waals surface area (Å²) in [5.41, 5.74) is 0. The highest BCUT2D eigenvalue weighted by Gasteiger charge is 2.44. The number of hydrogen-bond acceptors (Lipinski definition) is 8. The second-order valence-corrected chi connectivity index (χ2v) is 4.42. The normalized spacial score (nSPS) is 40.9. The van der Waals surface area contributed by atoms with Gasteiger partial charge in [0.1, 0.15) is 18.3 Å². The highest BCUT2D eigenvalue weighted by atomic mass is 32.3. The molecule has 1 aliphatic heterocycles. The fourth-order valence-electron chi connectivity index (χ4n) is 1.40. The van der Waals surface area contributed by atoms with Gasteiger partial charge in [0.25, 0.3) is 0 Å². The van der Waals surface area contributed by atoms with Gasteiger partial charge < -0.3 is 20.4 Å². The minimum Gasteiger partial charge on any atom is -0.395 e. The average Bonchev–Trinajstić information content (AvgIpc) is 2.17. The number of aliphatic hydroxyl groups excluding tert-OH is 4. The molecular formula is C6H13NO8S. The Labute approximate surface area is 91.2 Å². The summed E-state index contributed by atoms with van der Waals surface area (Å²) >= 11 is 0. The van der Waals surface area contributed by atoms with Gasteiger partial charge in [-0.05, 0) is 0 Å². The first kappa shape index (κ1) is 13.7. The fraction of sp³-hybridized carbons (Fsp3) is 1.00. The van der Waals surface area contributed by atoms with E-state index in [4.69, 9.17) is 9.66 Å². The lowest BCUT2D eigenvalue weighted by Gasteiger charge is -2.39. The van der Waals surface area contributed by atoms with Crippen molar-refractivity contribution in [3.63, 3.8) is 0 Å². The average molecular weight is 259 g/mol. The van der Waals surface area contributed by atoms with Gasteiger partial charge in [-0.15, -0.1) is 0 Å². The molecule has 1 aliphatic rings. The second-order valence-electron chi connectivity index (χ2n) is 3.37. The molecule has 1 saturated heterocycles. The van der Waals surface area contributed by atoms with Crippen LogP contribution in [0, 0.1) is 0 Å². The molecule has 96 valence electrons. The smallest absolute Gasteiger partial charge is 0.395 e. The molecule has 0 aliphatic carbocycles. The Hall–Kier alpha value is -0.330. The summed E-state index contributed by atoms with van der Waals surface area (Å²) in [6.07, 6.45) is -6.60. The van der Waals surface area contributed by atoms with Crippen LogP contribution in [0.5, 0.6) is 0 Å². The molecule has 1 heterocycles. The topological polar surface area (TPSA) is 157 Å². The van der Waals surface area contributed by atoms with Crippen molar-refractivity contribution in [2.24, 2.45) is 0 Å². The second kappa shape index (κ2) is 4.89. The minimum atomic E-state index is -4.83. The van der Waals surface area contributed by atoms with Gasteiger partial charge in [-0.3, -0.25) is 9.87 Å². The third-order valence-electron chi connectivity index (χ3n) is 2.22. The van der Waals surface area contributed by atoms with Gasteiger partial charge in [0.2, 0.25) is 0 Å². The molecule has 5 atom stereocenters. The number of hydrogen-bond donors (Lipinski definition) is 6. The quantitative estimate of drug-likeness (QED) is 0.279. The largest absolute Gasteiger partial charge is 0.398 e. The monoisotopic (exact) mass is 259 g/mol. The van der Waals surface area contributed by atoms with E-state index in [1.54, 1.807) is 0 Å². The summed E-state index contributed by atoms with van der Waals surface area (Å²) in [5, 5.41) is 39.0. The van der Waals surface area contributed by atoms with Crippen molar-refractivity contribution in [2.45, 2.75) is 30.6 Å². The van der Waals surface area contributed by atoms with Crippen molar-refractivity contribution < 1.29 is 37.6 Å². The van der Waals surface area contributed by atoms with Crippen molar-refractivity contribution in [3.8, 4) is 0 Å². The highest BCUT2D eigenvalue weighted by Crippen LogP contribution is 2.17. The van der Waals surface area contributed by atoms with Crippen LogP contribution in [0.4, 0.5) is 0 Å². The van der Waals surface area contributed by atoms with Gasteiger partial charge in [0.15, 0.2) is 6.23 Å². The molecule has 0 aromatic carbocycles. The van der Waals surface area contributed by atoms with Gasteiger partial charge in [0, 0.05) is 0 Å². The van der Waals surface area contributed by atoms with Crippen LogP contribution >= 0.6 is 0 Å². The van der Waals surface area contributed by atoms with E-state index in [0.29, 0.717) is 0 Å². The third kappa shape index (κ3) is 3.09. The molecule has 0 bridgehead atoms. The number of rotatable bonds is 3. The molecule has 0 spiro atoms. The number of piperidine rings is 1. The zero-order chi connectivity index (χ0) is 12.5. The van der Waals surface area contributed by atoms with E-state index in [1.807, 2.05) is 0 Å². The zero-order valence-corrected chi connectivity index (χ0v) is 8.78. The van der Waals surface area contributed by atoms with Crippen molar-refractivity contribution in [2.75, 3.05) is 6.61 Å². The Balaban J connectivity index is 2.79. The Morgan fingerprint density at radius 2 is 1.69 bits per heavy atom. The summed E-state index contributed by atoms with van der Waals surface area (Å²) in [4.78, 5) is 0. The van der Waals surface area contributed by atoms with Gasteiger partial charge >= 0.3 is 10.4 Å². The van der Waals surface area contributed by atoms with Crippen LogP contribution in [-0.4, -0.2) is 70.6 Å². The summed E-state index contributed by atoms with van der Waals surface area (Å²) < 4.78 is 33.2. The van der Waals surface area contributed by atoms with Crippen LogP contribution in [0.3, 0.4) is 0 Å². The van der Waals surface area contributed by atoms with Crippen LogP contribution in [0.25, 0.3) is 0 Å². The predicted molar refractivity (Wildman–Crippen MR) is 48.5 cm³/mol. The molecule has 1 unspecified atom stereocenters. The molecule has 6 N–H and O–H groups in total. The summed E-state index contributed by atoms with van der Waals surface area (Å²) in [5.74, 6) is 0. The number of aliphatic hydroxyl groups is 4. The molecule has 0 aromatic heterocycles. The van der Waals surface area contributed by atoms with E-state index >= 15 is 0 Å². The van der Waals surface area contributed by atoms with Crippen LogP contribution in [-0.2, 0) is 14.6 Å². The number of nitrogens with one attached hydrogen (secondary N) is 1. The summed E-state index contributed by atoms with van der Waals surface area (Å²) in [6.45, 7) is -0.615. The Morgan fingerprint density at radius 1 is 1.12 bits per heavy atom. The molecular weight excluding hydrogens is 246 g/mol. The zero-order valence-electron chi connectivity index (χ0n) is 7.96. The summed E-state index contributed by atoms with van der Waals surface area (Å²) in [7, 11) is -4.83. The lowest BCUT2D eigenvalue weighted by Crippen LogP contribution is -2.66. The lowest BCUT2D eigenvalue weighted by molar-refractivity contribution is -0.154. The maximum Gasteiger partial charge on any atom is 0.398 e. The Morgan fingerprint density at radius 3 is 2.12 bits per heavy atom. The van der Waals surface area contributed by atoms with Gasteiger partial charge in [0.05, 0.1) is 12.6 Å². The summed E-state index contributed by atoms with van der Waals surface area (Å²) in [6, 6.07) is -1.08. The SMILES string of the molecule is O=S(=O)(O)OC1N[C@H](CO)[C@@H](O)[C@H](O)[C@H]1O. The minimum absolute atomic E-state index is 0.615. The third-order valence-corrected chi connectivity index (χ3v) is 2.67. The van der Waals surface area contributed by atoms with E-state index in [0.717, 1.165) is 0 Å². The van der Waals surface area contributed by atoms with Gasteiger partial charge in [-0.25, -0.2) is 4.18 Å². The van der Waals surface area contributed by atoms with E-state index in [2.05, 4.69) is 9.50 Å². The van der Waals surface area contributed by atoms with Crippen molar-refractivity contribution in [1.82, 2.24) is 5.32 Å². The van der Waals surface area contributed by atoms with Crippen molar-refractivity contribution in [3.05, 3.63) is 0 Å². The van der Waals surface area contributed by atoms with E-state index in [9.17, 15) is 23.7 Å². The van der Waals surface area contributed by atoms with Crippen molar-refractivity contribution in [1.29, 1.82) is 0 Å². The molecule has 0 radical (unpaired) electrons. The maximum atomic E-state index is 10.4. The van der Waals surface area contributed by atoms with E-state index in [1.165, 1.54) is 0 Å². The molecule has 1 fully saturated rings. The van der Waals surface area contributed by atoms with E-state index in [-0.39, 0.29) is 0 Å². The molecule has 0 amide bonds. The van der Waals surface area contributed by atoms with Crippen LogP contribution in [0.1, 0.15) is 0 Å². The van der Waals surface area contributed by atoms with Crippen molar-refractivity contribution >= 4 is 10.4 Å². The van der Waals surface area contributed by atoms with Crippen LogP contribution < -0.4 is 5.32 Å². The first-order valence-corrected chi connectivity index (χ1v) is 5.69. The molecule has 0 saturated carbocycles. The van der Waals surface area contributed by atoms with E-state index < -0.39 is 47.6 Å². The first-order chi connectivity index (χ1) is 7.26. The standard InChI is InChI=1S/C6H13NO8S/c8-1-2-3(9)4(10)5(11)6(7-2)15-16(12,13)14/h2-11H,1H2,(H,12,13,14)/t2-,3-,4+,5-,6?/m1/s1. The molecule has 0 aromatic rings.